The summed E-state index contributed by atoms with van der Waals surface area (Å²) in [4.78, 5) is 6.88. The molecule has 3 heterocycles. The number of ether oxygens (including phenoxy) is 1. The van der Waals surface area contributed by atoms with Crippen LogP contribution in [-0.2, 0) is 0 Å². The molecule has 1 saturated carbocycles. The third-order valence-corrected chi connectivity index (χ3v) is 6.50. The summed E-state index contributed by atoms with van der Waals surface area (Å²) in [5.41, 5.74) is 5.94. The molecule has 5 nitrogen and oxygen atoms in total. The molecular weight excluding hydrogens is 392 g/mol. The Balaban J connectivity index is 1.66. The van der Waals surface area contributed by atoms with Crippen molar-refractivity contribution in [2.45, 2.75) is 44.8 Å². The fourth-order valence-electron chi connectivity index (χ4n) is 4.71. The zero-order valence-corrected chi connectivity index (χ0v) is 18.3. The predicted octanol–water partition coefficient (Wildman–Crippen LogP) is 5.02. The van der Waals surface area contributed by atoms with Gasteiger partial charge >= 0.3 is 0 Å². The highest BCUT2D eigenvalue weighted by Crippen LogP contribution is 2.46. The summed E-state index contributed by atoms with van der Waals surface area (Å²) in [6.45, 7) is 4.45. The first-order valence-corrected chi connectivity index (χ1v) is 10.8. The van der Waals surface area contributed by atoms with Gasteiger partial charge in [-0.15, -0.1) is 0 Å². The van der Waals surface area contributed by atoms with Gasteiger partial charge in [-0.25, -0.2) is 0 Å². The van der Waals surface area contributed by atoms with Gasteiger partial charge in [0.2, 0.25) is 0 Å². The van der Waals surface area contributed by atoms with Crippen molar-refractivity contribution in [1.29, 1.82) is 0 Å². The van der Waals surface area contributed by atoms with Crippen LogP contribution in [0.4, 0.5) is 5.69 Å². The summed E-state index contributed by atoms with van der Waals surface area (Å²) in [7, 11) is 1.69. The molecule has 1 aliphatic heterocycles. The van der Waals surface area contributed by atoms with Gasteiger partial charge in [-0.2, -0.15) is 0 Å². The van der Waals surface area contributed by atoms with Gasteiger partial charge < -0.3 is 19.5 Å². The van der Waals surface area contributed by atoms with Crippen molar-refractivity contribution in [3.63, 3.8) is 0 Å². The van der Waals surface area contributed by atoms with Crippen LogP contribution in [0.15, 0.2) is 54.7 Å². The summed E-state index contributed by atoms with van der Waals surface area (Å²) in [6.07, 6.45) is 4.37. The Morgan fingerprint density at radius 1 is 1.10 bits per heavy atom. The fraction of sp³-hybridized carbons (Fsp3) is 0.333. The van der Waals surface area contributed by atoms with E-state index in [0.717, 1.165) is 17.1 Å². The second-order valence-electron chi connectivity index (χ2n) is 8.13. The SMILES string of the molecule is COc1cccc(N2C(=S)N[C@H](c3ccccn3)[C@@H]2c2cc(C)n(C3CC3)c2C)c1. The summed E-state index contributed by atoms with van der Waals surface area (Å²) >= 11 is 5.84. The monoisotopic (exact) mass is 418 g/mol. The number of nitrogens with zero attached hydrogens (tertiary/aromatic N) is 3. The quantitative estimate of drug-likeness (QED) is 0.589. The van der Waals surface area contributed by atoms with Crippen LogP contribution in [0.3, 0.4) is 0 Å². The van der Waals surface area contributed by atoms with Crippen LogP contribution in [0.2, 0.25) is 0 Å². The average molecular weight is 419 g/mol. The topological polar surface area (TPSA) is 42.3 Å². The number of nitrogens with one attached hydrogen (secondary N) is 1. The molecule has 1 aliphatic carbocycles. The molecule has 0 unspecified atom stereocenters. The highest BCUT2D eigenvalue weighted by atomic mass is 32.1. The lowest BCUT2D eigenvalue weighted by atomic mass is 9.96. The first kappa shape index (κ1) is 19.1. The van der Waals surface area contributed by atoms with Crippen LogP contribution >= 0.6 is 12.2 Å². The van der Waals surface area contributed by atoms with Gasteiger partial charge in [0.25, 0.3) is 0 Å². The lowest BCUT2D eigenvalue weighted by molar-refractivity contribution is 0.415. The highest BCUT2D eigenvalue weighted by molar-refractivity contribution is 7.80. The van der Waals surface area contributed by atoms with Crippen LogP contribution in [-0.4, -0.2) is 21.8 Å². The van der Waals surface area contributed by atoms with Gasteiger partial charge in [0.1, 0.15) is 5.75 Å². The smallest absolute Gasteiger partial charge is 0.174 e. The molecule has 0 spiro atoms. The molecule has 6 heteroatoms. The number of methoxy groups -OCH3 is 1. The Bertz CT molecular complexity index is 1090. The zero-order valence-electron chi connectivity index (χ0n) is 17.5. The van der Waals surface area contributed by atoms with Crippen molar-refractivity contribution in [2.24, 2.45) is 0 Å². The first-order valence-electron chi connectivity index (χ1n) is 10.4. The van der Waals surface area contributed by atoms with Crippen molar-refractivity contribution in [3.05, 3.63) is 77.4 Å². The normalized spacial score (nSPS) is 21.0. The molecular formula is C24H26N4OS. The van der Waals surface area contributed by atoms with E-state index in [9.17, 15) is 0 Å². The molecule has 2 atom stereocenters. The third kappa shape index (κ3) is 3.16. The number of aromatic nitrogens is 2. The van der Waals surface area contributed by atoms with E-state index in [-0.39, 0.29) is 12.1 Å². The molecule has 2 fully saturated rings. The van der Waals surface area contributed by atoms with Gasteiger partial charge in [0.15, 0.2) is 5.11 Å². The van der Waals surface area contributed by atoms with E-state index in [1.165, 1.54) is 29.8 Å². The van der Waals surface area contributed by atoms with E-state index >= 15 is 0 Å². The molecule has 0 bridgehead atoms. The van der Waals surface area contributed by atoms with E-state index in [2.05, 4.69) is 51.8 Å². The molecule has 1 N–H and O–H groups in total. The van der Waals surface area contributed by atoms with Crippen molar-refractivity contribution >= 4 is 23.0 Å². The molecule has 0 radical (unpaired) electrons. The molecule has 2 aromatic heterocycles. The number of rotatable bonds is 5. The molecule has 5 rings (SSSR count). The molecule has 1 saturated heterocycles. The van der Waals surface area contributed by atoms with E-state index in [1.807, 2.05) is 36.5 Å². The Labute approximate surface area is 182 Å². The van der Waals surface area contributed by atoms with Crippen LogP contribution in [0.5, 0.6) is 5.75 Å². The van der Waals surface area contributed by atoms with Crippen LogP contribution in [0.25, 0.3) is 0 Å². The average Bonchev–Trinajstić information content (AvgIpc) is 3.47. The fourth-order valence-corrected chi connectivity index (χ4v) is 5.05. The lowest BCUT2D eigenvalue weighted by Crippen LogP contribution is -2.29. The molecule has 1 aromatic carbocycles. The van der Waals surface area contributed by atoms with Gasteiger partial charge in [0, 0.05) is 35.4 Å². The summed E-state index contributed by atoms with van der Waals surface area (Å²) in [5, 5.41) is 4.26. The van der Waals surface area contributed by atoms with E-state index in [1.54, 1.807) is 7.11 Å². The number of aryl methyl sites for hydroxylation is 1. The standard InChI is InChI=1S/C24H26N4OS/c1-15-13-20(16(2)27(15)17-10-11-17)23-22(21-9-4-5-12-25-21)26-24(30)28(23)18-7-6-8-19(14-18)29-3/h4-9,12-14,17,22-23H,10-11H2,1-3H3,(H,26,30)/t22-,23+/m1/s1. The summed E-state index contributed by atoms with van der Waals surface area (Å²) in [5.74, 6) is 0.818. The number of hydrogen-bond donors (Lipinski definition) is 1. The minimum Gasteiger partial charge on any atom is -0.497 e. The Hall–Kier alpha value is -2.86. The zero-order chi connectivity index (χ0) is 20.8. The minimum atomic E-state index is -0.0296. The van der Waals surface area contributed by atoms with Gasteiger partial charge in [0.05, 0.1) is 24.9 Å². The highest BCUT2D eigenvalue weighted by Gasteiger charge is 2.43. The van der Waals surface area contributed by atoms with E-state index in [0.29, 0.717) is 11.2 Å². The third-order valence-electron chi connectivity index (χ3n) is 6.18. The van der Waals surface area contributed by atoms with Gasteiger partial charge in [-0.1, -0.05) is 12.1 Å². The number of thiocarbonyl (C=S) groups is 1. The van der Waals surface area contributed by atoms with Crippen LogP contribution in [0.1, 0.15) is 53.6 Å². The molecule has 0 amide bonds. The van der Waals surface area contributed by atoms with Crippen molar-refractivity contribution < 1.29 is 4.74 Å². The van der Waals surface area contributed by atoms with Crippen molar-refractivity contribution in [3.8, 4) is 5.75 Å². The number of anilines is 1. The second-order valence-corrected chi connectivity index (χ2v) is 8.51. The minimum absolute atomic E-state index is 0.0122. The largest absolute Gasteiger partial charge is 0.497 e. The first-order chi connectivity index (χ1) is 14.6. The maximum atomic E-state index is 5.84. The summed E-state index contributed by atoms with van der Waals surface area (Å²) in [6, 6.07) is 17.1. The number of hydrogen-bond acceptors (Lipinski definition) is 3. The van der Waals surface area contributed by atoms with Crippen LogP contribution in [0, 0.1) is 13.8 Å². The van der Waals surface area contributed by atoms with Crippen LogP contribution < -0.4 is 15.0 Å². The van der Waals surface area contributed by atoms with Gasteiger partial charge in [-0.05, 0) is 74.8 Å². The predicted molar refractivity (Wildman–Crippen MR) is 123 cm³/mol. The molecule has 3 aromatic rings. The second kappa shape index (κ2) is 7.43. The maximum Gasteiger partial charge on any atom is 0.174 e. The van der Waals surface area contributed by atoms with E-state index < -0.39 is 0 Å². The summed E-state index contributed by atoms with van der Waals surface area (Å²) < 4.78 is 7.98. The Morgan fingerprint density at radius 2 is 1.93 bits per heavy atom. The van der Waals surface area contributed by atoms with Gasteiger partial charge in [-0.3, -0.25) is 4.98 Å². The number of benzene rings is 1. The Kier molecular flexibility index (Phi) is 4.74. The van der Waals surface area contributed by atoms with Crippen molar-refractivity contribution in [1.82, 2.24) is 14.9 Å². The number of pyridine rings is 1. The Morgan fingerprint density at radius 3 is 2.63 bits per heavy atom. The van der Waals surface area contributed by atoms with Crippen molar-refractivity contribution in [2.75, 3.05) is 12.0 Å². The molecule has 2 aliphatic rings. The molecule has 30 heavy (non-hydrogen) atoms. The lowest BCUT2D eigenvalue weighted by Gasteiger charge is -2.28. The molecule has 154 valence electrons. The van der Waals surface area contributed by atoms with E-state index in [4.69, 9.17) is 17.0 Å². The maximum absolute atomic E-state index is 5.84.